The van der Waals surface area contributed by atoms with Crippen LogP contribution in [-0.4, -0.2) is 39.0 Å². The summed E-state index contributed by atoms with van der Waals surface area (Å²) in [5.41, 5.74) is 0. The largest absolute Gasteiger partial charge is 0.369 e. The molecule has 74 valence electrons. The molecule has 0 radical (unpaired) electrons. The van der Waals surface area contributed by atoms with Crippen LogP contribution in [0.25, 0.3) is 0 Å². The Kier molecular flexibility index (Phi) is 4.16. The molecular weight excluding hydrogens is 176 g/mol. The zero-order chi connectivity index (χ0) is 9.83. The molecule has 0 spiro atoms. The summed E-state index contributed by atoms with van der Waals surface area (Å²) in [6.07, 6.45) is 0. The molecule has 0 saturated carbocycles. The van der Waals surface area contributed by atoms with E-state index < -0.39 is 10.2 Å². The van der Waals surface area contributed by atoms with Crippen molar-refractivity contribution in [3.63, 3.8) is 0 Å². The van der Waals surface area contributed by atoms with E-state index in [-0.39, 0.29) is 3.89 Å². The number of nitrogens with one attached hydrogen (secondary N) is 1. The van der Waals surface area contributed by atoms with Crippen molar-refractivity contribution in [2.24, 2.45) is 0 Å². The molecule has 12 heavy (non-hydrogen) atoms. The average molecular weight is 195 g/mol. The van der Waals surface area contributed by atoms with E-state index in [1.807, 2.05) is 20.8 Å². The van der Waals surface area contributed by atoms with Gasteiger partial charge in [-0.05, 0) is 20.8 Å². The lowest BCUT2D eigenvalue weighted by Crippen LogP contribution is -2.56. The van der Waals surface area contributed by atoms with Crippen LogP contribution in [-0.2, 0) is 10.2 Å². The van der Waals surface area contributed by atoms with Crippen LogP contribution in [0, 0.1) is 0 Å². The molecule has 0 unspecified atom stereocenters. The van der Waals surface area contributed by atoms with Gasteiger partial charge in [0.05, 0.1) is 19.6 Å². The Morgan fingerprint density at radius 3 is 1.50 bits per heavy atom. The maximum Gasteiger partial charge on any atom is 0.369 e. The van der Waals surface area contributed by atoms with Gasteiger partial charge in [-0.1, -0.05) is 0 Å². The number of quaternary nitrogens is 1. The van der Waals surface area contributed by atoms with Crippen molar-refractivity contribution in [3.8, 4) is 0 Å². The second-order valence-electron chi connectivity index (χ2n) is 2.69. The fraction of sp³-hybridized carbons (Fsp3) is 1.00. The number of nitrogens with zero attached hydrogens (tertiary/aromatic N) is 1. The van der Waals surface area contributed by atoms with Crippen LogP contribution in [0.5, 0.6) is 0 Å². The van der Waals surface area contributed by atoms with Gasteiger partial charge in [-0.15, -0.1) is 0 Å². The van der Waals surface area contributed by atoms with Gasteiger partial charge in [0.2, 0.25) is 0 Å². The van der Waals surface area contributed by atoms with Gasteiger partial charge in [-0.3, -0.25) is 0 Å². The Balaban J connectivity index is 4.97. The predicted molar refractivity (Wildman–Crippen MR) is 49.9 cm³/mol. The number of hydrogen-bond donors (Lipinski definition) is 1. The molecule has 0 fully saturated rings. The van der Waals surface area contributed by atoms with Crippen LogP contribution >= 0.6 is 0 Å². The Labute approximate surface area is 75.3 Å². The van der Waals surface area contributed by atoms with Crippen LogP contribution in [0.3, 0.4) is 0 Å². The molecule has 0 aliphatic heterocycles. The minimum absolute atomic E-state index is 0.115. The van der Waals surface area contributed by atoms with Gasteiger partial charge in [0.15, 0.2) is 0 Å². The van der Waals surface area contributed by atoms with Gasteiger partial charge >= 0.3 is 10.2 Å². The summed E-state index contributed by atoms with van der Waals surface area (Å²) in [5, 5.41) is 0. The Morgan fingerprint density at radius 1 is 1.08 bits per heavy atom. The Morgan fingerprint density at radius 2 is 1.42 bits per heavy atom. The SMILES string of the molecule is CC[N+](CC)(CC)S(=O)(=O)NC. The van der Waals surface area contributed by atoms with Crippen molar-refractivity contribution in [1.82, 2.24) is 4.72 Å². The first-order chi connectivity index (χ1) is 5.49. The molecule has 0 aromatic rings. The van der Waals surface area contributed by atoms with Crippen LogP contribution in [0.15, 0.2) is 0 Å². The van der Waals surface area contributed by atoms with E-state index >= 15 is 0 Å². The average Bonchev–Trinajstić information content (AvgIpc) is 2.08. The summed E-state index contributed by atoms with van der Waals surface area (Å²) in [7, 11) is -1.72. The second-order valence-corrected chi connectivity index (χ2v) is 4.82. The highest BCUT2D eigenvalue weighted by molar-refractivity contribution is 7.83. The Bertz CT molecular complexity index is 211. The van der Waals surface area contributed by atoms with Crippen LogP contribution in [0.2, 0.25) is 0 Å². The van der Waals surface area contributed by atoms with Crippen molar-refractivity contribution in [2.75, 3.05) is 26.7 Å². The molecule has 5 heteroatoms. The summed E-state index contributed by atoms with van der Waals surface area (Å²) in [6, 6.07) is 0. The van der Waals surface area contributed by atoms with E-state index in [2.05, 4.69) is 4.72 Å². The maximum atomic E-state index is 11.6. The lowest BCUT2D eigenvalue weighted by atomic mass is 10.5. The lowest BCUT2D eigenvalue weighted by molar-refractivity contribution is -0.801. The van der Waals surface area contributed by atoms with E-state index in [1.165, 1.54) is 7.05 Å². The zero-order valence-electron chi connectivity index (χ0n) is 8.29. The van der Waals surface area contributed by atoms with Gasteiger partial charge in [0.25, 0.3) is 0 Å². The molecule has 1 N–H and O–H groups in total. The molecule has 4 nitrogen and oxygen atoms in total. The Hall–Kier alpha value is -0.130. The fourth-order valence-electron chi connectivity index (χ4n) is 1.37. The molecule has 0 aromatic carbocycles. The third-order valence-corrected chi connectivity index (χ3v) is 4.81. The monoisotopic (exact) mass is 195 g/mol. The summed E-state index contributed by atoms with van der Waals surface area (Å²) >= 11 is 0. The highest BCUT2D eigenvalue weighted by atomic mass is 32.2. The van der Waals surface area contributed by atoms with Crippen molar-refractivity contribution in [1.29, 1.82) is 0 Å². The molecule has 0 atom stereocenters. The summed E-state index contributed by atoms with van der Waals surface area (Å²) < 4.78 is 25.6. The molecule has 0 aliphatic carbocycles. The molecule has 0 aromatic heterocycles. The van der Waals surface area contributed by atoms with Gasteiger partial charge in [-0.2, -0.15) is 13.1 Å². The molecular formula is C7H19N2O2S+. The first-order valence-electron chi connectivity index (χ1n) is 4.29. The second kappa shape index (κ2) is 4.20. The minimum atomic E-state index is -3.18. The van der Waals surface area contributed by atoms with E-state index in [9.17, 15) is 8.42 Å². The summed E-state index contributed by atoms with van der Waals surface area (Å²) in [4.78, 5) is 0. The molecule has 0 heterocycles. The first kappa shape index (κ1) is 11.9. The van der Waals surface area contributed by atoms with Crippen LogP contribution in [0.1, 0.15) is 20.8 Å². The van der Waals surface area contributed by atoms with Gasteiger partial charge < -0.3 is 0 Å². The third-order valence-electron chi connectivity index (χ3n) is 2.50. The zero-order valence-corrected chi connectivity index (χ0v) is 9.11. The quantitative estimate of drug-likeness (QED) is 0.642. The van der Waals surface area contributed by atoms with Gasteiger partial charge in [0.1, 0.15) is 0 Å². The lowest BCUT2D eigenvalue weighted by Gasteiger charge is -2.32. The fourth-order valence-corrected chi connectivity index (χ4v) is 2.78. The van der Waals surface area contributed by atoms with Crippen molar-refractivity contribution >= 4 is 10.2 Å². The molecule has 0 bridgehead atoms. The molecule has 0 saturated heterocycles. The highest BCUT2D eigenvalue weighted by Crippen LogP contribution is 2.11. The van der Waals surface area contributed by atoms with Crippen molar-refractivity contribution in [3.05, 3.63) is 0 Å². The smallest absolute Gasteiger partial charge is 0.206 e. The van der Waals surface area contributed by atoms with E-state index in [0.29, 0.717) is 19.6 Å². The summed E-state index contributed by atoms with van der Waals surface area (Å²) in [5.74, 6) is 0. The number of hydrogen-bond acceptors (Lipinski definition) is 2. The van der Waals surface area contributed by atoms with E-state index in [1.54, 1.807) is 0 Å². The van der Waals surface area contributed by atoms with E-state index in [4.69, 9.17) is 0 Å². The van der Waals surface area contributed by atoms with Gasteiger partial charge in [-0.25, -0.2) is 3.89 Å². The molecule has 0 aliphatic rings. The molecule has 0 amide bonds. The highest BCUT2D eigenvalue weighted by Gasteiger charge is 2.35. The third kappa shape index (κ3) is 1.78. The van der Waals surface area contributed by atoms with Gasteiger partial charge in [0, 0.05) is 7.05 Å². The van der Waals surface area contributed by atoms with Crippen LogP contribution < -0.4 is 4.72 Å². The maximum absolute atomic E-state index is 11.6. The molecule has 0 rings (SSSR count). The van der Waals surface area contributed by atoms with E-state index in [0.717, 1.165) is 0 Å². The summed E-state index contributed by atoms with van der Waals surface area (Å²) in [6.45, 7) is 7.49. The predicted octanol–water partition coefficient (Wildman–Crippen LogP) is 0.327. The number of rotatable bonds is 5. The normalized spacial score (nSPS) is 13.3. The van der Waals surface area contributed by atoms with Crippen molar-refractivity contribution in [2.45, 2.75) is 20.8 Å². The standard InChI is InChI=1S/C7H19N2O2S/c1-5-9(6-2,7-3)12(10,11)8-4/h8H,5-7H2,1-4H3/q+1. The van der Waals surface area contributed by atoms with Crippen LogP contribution in [0.4, 0.5) is 0 Å². The minimum Gasteiger partial charge on any atom is -0.206 e. The first-order valence-corrected chi connectivity index (χ1v) is 5.73. The topological polar surface area (TPSA) is 46.2 Å². The van der Waals surface area contributed by atoms with Crippen molar-refractivity contribution < 1.29 is 12.3 Å².